The van der Waals surface area contributed by atoms with Gasteiger partial charge < -0.3 is 15.4 Å². The number of nitrogens with one attached hydrogen (secondary N) is 2. The normalized spacial score (nSPS) is 10.7. The Hall–Kier alpha value is -3.15. The van der Waals surface area contributed by atoms with Crippen molar-refractivity contribution in [3.63, 3.8) is 0 Å². The molecule has 2 N–H and O–H groups in total. The van der Waals surface area contributed by atoms with E-state index in [1.165, 1.54) is 6.07 Å². The summed E-state index contributed by atoms with van der Waals surface area (Å²) in [7, 11) is 0. The molecule has 2 aromatic rings. The van der Waals surface area contributed by atoms with Crippen LogP contribution < -0.4 is 10.6 Å². The van der Waals surface area contributed by atoms with E-state index in [9.17, 15) is 14.4 Å². The van der Waals surface area contributed by atoms with Crippen LogP contribution in [0.4, 0.5) is 11.4 Å². The number of amides is 2. The Labute approximate surface area is 171 Å². The van der Waals surface area contributed by atoms with Crippen molar-refractivity contribution in [3.05, 3.63) is 59.2 Å². The van der Waals surface area contributed by atoms with E-state index in [2.05, 4.69) is 10.6 Å². The topological polar surface area (TPSA) is 84.5 Å². The molecular formula is C23H28N2O4. The Bertz CT molecular complexity index is 877. The molecule has 0 aliphatic heterocycles. The van der Waals surface area contributed by atoms with Crippen LogP contribution in [-0.4, -0.2) is 24.4 Å². The minimum absolute atomic E-state index is 0.177. The van der Waals surface area contributed by atoms with E-state index in [1.807, 2.05) is 45.9 Å². The SMILES string of the molecule is CCOC(=O)c1ccccc1NC(=O)C(=O)Nc1c(C(C)C)cccc1C(C)C. The van der Waals surface area contributed by atoms with Crippen molar-refractivity contribution < 1.29 is 19.1 Å². The summed E-state index contributed by atoms with van der Waals surface area (Å²) in [6.07, 6.45) is 0. The fourth-order valence-electron chi connectivity index (χ4n) is 3.02. The molecule has 0 bridgehead atoms. The summed E-state index contributed by atoms with van der Waals surface area (Å²) in [4.78, 5) is 37.2. The molecule has 0 fully saturated rings. The van der Waals surface area contributed by atoms with Gasteiger partial charge in [-0.15, -0.1) is 0 Å². The molecule has 2 rings (SSSR count). The number of rotatable bonds is 6. The van der Waals surface area contributed by atoms with E-state index in [-0.39, 0.29) is 29.7 Å². The first-order valence-corrected chi connectivity index (χ1v) is 9.77. The zero-order chi connectivity index (χ0) is 21.6. The van der Waals surface area contributed by atoms with Gasteiger partial charge in [-0.05, 0) is 42.0 Å². The number of hydrogen-bond donors (Lipinski definition) is 2. The van der Waals surface area contributed by atoms with Gasteiger partial charge in [0, 0.05) is 5.69 Å². The molecule has 0 unspecified atom stereocenters. The molecule has 29 heavy (non-hydrogen) atoms. The molecule has 0 spiro atoms. The van der Waals surface area contributed by atoms with Crippen molar-refractivity contribution in [2.45, 2.75) is 46.5 Å². The smallest absolute Gasteiger partial charge is 0.340 e. The summed E-state index contributed by atoms with van der Waals surface area (Å²) >= 11 is 0. The third-order valence-corrected chi connectivity index (χ3v) is 4.49. The Kier molecular flexibility index (Phi) is 7.53. The average Bonchev–Trinajstić information content (AvgIpc) is 2.68. The summed E-state index contributed by atoms with van der Waals surface area (Å²) in [5.74, 6) is -1.85. The van der Waals surface area contributed by atoms with Gasteiger partial charge in [-0.25, -0.2) is 4.79 Å². The van der Waals surface area contributed by atoms with Crippen LogP contribution in [0.3, 0.4) is 0 Å². The number of benzene rings is 2. The van der Waals surface area contributed by atoms with Crippen LogP contribution in [0.15, 0.2) is 42.5 Å². The lowest BCUT2D eigenvalue weighted by molar-refractivity contribution is -0.133. The molecule has 0 radical (unpaired) electrons. The first kappa shape index (κ1) is 22.1. The van der Waals surface area contributed by atoms with E-state index in [0.29, 0.717) is 5.69 Å². The molecule has 0 aliphatic rings. The van der Waals surface area contributed by atoms with Gasteiger partial charge in [-0.2, -0.15) is 0 Å². The fraction of sp³-hybridized carbons (Fsp3) is 0.348. The number of anilines is 2. The van der Waals surface area contributed by atoms with Crippen LogP contribution >= 0.6 is 0 Å². The molecule has 0 saturated heterocycles. The van der Waals surface area contributed by atoms with Gasteiger partial charge in [0.2, 0.25) is 0 Å². The van der Waals surface area contributed by atoms with Gasteiger partial charge in [0.1, 0.15) is 0 Å². The van der Waals surface area contributed by atoms with Gasteiger partial charge in [0.25, 0.3) is 0 Å². The zero-order valence-electron chi connectivity index (χ0n) is 17.5. The molecule has 0 saturated carbocycles. The number of carbonyl (C=O) groups is 3. The number of ether oxygens (including phenoxy) is 1. The van der Waals surface area contributed by atoms with Gasteiger partial charge in [-0.3, -0.25) is 9.59 Å². The summed E-state index contributed by atoms with van der Waals surface area (Å²) in [6.45, 7) is 10.0. The second kappa shape index (κ2) is 9.87. The number of hydrogen-bond acceptors (Lipinski definition) is 4. The van der Waals surface area contributed by atoms with E-state index in [1.54, 1.807) is 25.1 Å². The third kappa shape index (κ3) is 5.44. The summed E-state index contributed by atoms with van der Waals surface area (Å²) in [5.41, 5.74) is 3.01. The van der Waals surface area contributed by atoms with Crippen LogP contribution in [-0.2, 0) is 14.3 Å². The second-order valence-corrected chi connectivity index (χ2v) is 7.30. The first-order chi connectivity index (χ1) is 13.8. The molecule has 0 aromatic heterocycles. The highest BCUT2D eigenvalue weighted by Crippen LogP contribution is 2.32. The van der Waals surface area contributed by atoms with Crippen molar-refractivity contribution in [3.8, 4) is 0 Å². The zero-order valence-corrected chi connectivity index (χ0v) is 17.5. The number of esters is 1. The Morgan fingerprint density at radius 1 is 0.828 bits per heavy atom. The summed E-state index contributed by atoms with van der Waals surface area (Å²) < 4.78 is 5.00. The van der Waals surface area contributed by atoms with Crippen LogP contribution in [0.25, 0.3) is 0 Å². The van der Waals surface area contributed by atoms with Crippen molar-refractivity contribution in [1.82, 2.24) is 0 Å². The fourth-order valence-corrected chi connectivity index (χ4v) is 3.02. The van der Waals surface area contributed by atoms with Crippen LogP contribution in [0.5, 0.6) is 0 Å². The maximum Gasteiger partial charge on any atom is 0.340 e. The highest BCUT2D eigenvalue weighted by Gasteiger charge is 2.22. The lowest BCUT2D eigenvalue weighted by atomic mass is 9.92. The van der Waals surface area contributed by atoms with Gasteiger partial charge in [0.05, 0.1) is 17.9 Å². The van der Waals surface area contributed by atoms with Crippen molar-refractivity contribution in [1.29, 1.82) is 0 Å². The quantitative estimate of drug-likeness (QED) is 0.548. The molecule has 2 amide bonds. The molecule has 154 valence electrons. The monoisotopic (exact) mass is 396 g/mol. The minimum atomic E-state index is -0.852. The number of para-hydroxylation sites is 2. The van der Waals surface area contributed by atoms with Crippen molar-refractivity contribution in [2.24, 2.45) is 0 Å². The lowest BCUT2D eigenvalue weighted by Crippen LogP contribution is -2.30. The summed E-state index contributed by atoms with van der Waals surface area (Å²) in [6, 6.07) is 12.3. The number of carbonyl (C=O) groups excluding carboxylic acids is 3. The van der Waals surface area contributed by atoms with Crippen LogP contribution in [0.1, 0.15) is 67.9 Å². The van der Waals surface area contributed by atoms with E-state index in [4.69, 9.17) is 4.74 Å². The largest absolute Gasteiger partial charge is 0.462 e. The molecule has 2 aromatic carbocycles. The molecule has 0 heterocycles. The second-order valence-electron chi connectivity index (χ2n) is 7.30. The van der Waals surface area contributed by atoms with E-state index in [0.717, 1.165) is 11.1 Å². The van der Waals surface area contributed by atoms with Crippen LogP contribution in [0.2, 0.25) is 0 Å². The van der Waals surface area contributed by atoms with Gasteiger partial charge >= 0.3 is 17.8 Å². The standard InChI is InChI=1S/C23H28N2O4/c1-6-29-23(28)18-10-7-8-13-19(18)24-21(26)22(27)25-20-16(14(2)3)11-9-12-17(20)15(4)5/h7-15H,6H2,1-5H3,(H,24,26)(H,25,27). The Morgan fingerprint density at radius 2 is 1.38 bits per heavy atom. The third-order valence-electron chi connectivity index (χ3n) is 4.49. The Balaban J connectivity index is 2.26. The van der Waals surface area contributed by atoms with Gasteiger partial charge in [-0.1, -0.05) is 58.0 Å². The average molecular weight is 396 g/mol. The maximum absolute atomic E-state index is 12.6. The lowest BCUT2D eigenvalue weighted by Gasteiger charge is -2.20. The highest BCUT2D eigenvalue weighted by molar-refractivity contribution is 6.44. The maximum atomic E-state index is 12.6. The predicted octanol–water partition coefficient (Wildman–Crippen LogP) is 4.69. The molecule has 0 aliphatic carbocycles. The van der Waals surface area contributed by atoms with Crippen LogP contribution in [0, 0.1) is 0 Å². The van der Waals surface area contributed by atoms with Gasteiger partial charge in [0.15, 0.2) is 0 Å². The Morgan fingerprint density at radius 3 is 1.93 bits per heavy atom. The van der Waals surface area contributed by atoms with Crippen molar-refractivity contribution >= 4 is 29.2 Å². The highest BCUT2D eigenvalue weighted by atomic mass is 16.5. The molecule has 0 atom stereocenters. The van der Waals surface area contributed by atoms with E-state index >= 15 is 0 Å². The molecule has 6 heteroatoms. The summed E-state index contributed by atoms with van der Waals surface area (Å²) in [5, 5.41) is 5.28. The minimum Gasteiger partial charge on any atom is -0.462 e. The van der Waals surface area contributed by atoms with E-state index < -0.39 is 17.8 Å². The molecule has 6 nitrogen and oxygen atoms in total. The van der Waals surface area contributed by atoms with Crippen molar-refractivity contribution in [2.75, 3.05) is 17.2 Å². The molecular weight excluding hydrogens is 368 g/mol. The predicted molar refractivity (Wildman–Crippen MR) is 114 cm³/mol. The first-order valence-electron chi connectivity index (χ1n) is 9.77.